The zero-order valence-corrected chi connectivity index (χ0v) is 19.8. The molecule has 0 radical (unpaired) electrons. The van der Waals surface area contributed by atoms with Crippen LogP contribution < -0.4 is 0 Å². The van der Waals surface area contributed by atoms with Crippen molar-refractivity contribution in [2.45, 2.75) is 149 Å². The average Bonchev–Trinajstić information content (AvgIpc) is 2.71. The van der Waals surface area contributed by atoms with Gasteiger partial charge in [-0.15, -0.1) is 0 Å². The van der Waals surface area contributed by atoms with Gasteiger partial charge in [-0.3, -0.25) is 5.26 Å². The van der Waals surface area contributed by atoms with Crippen LogP contribution in [-0.4, -0.2) is 10.9 Å². The Morgan fingerprint density at radius 3 is 1.89 bits per heavy atom. The van der Waals surface area contributed by atoms with Crippen molar-refractivity contribution in [2.24, 2.45) is 17.8 Å². The maximum Gasteiger partial charge on any atom is 0.100 e. The molecule has 0 bridgehead atoms. The fourth-order valence-corrected chi connectivity index (χ4v) is 5.14. The minimum absolute atomic E-state index is 0.345. The molecule has 168 valence electrons. The highest BCUT2D eigenvalue weighted by Crippen LogP contribution is 2.40. The van der Waals surface area contributed by atoms with Crippen molar-refractivity contribution in [2.75, 3.05) is 0 Å². The lowest BCUT2D eigenvalue weighted by Gasteiger charge is -2.37. The summed E-state index contributed by atoms with van der Waals surface area (Å²) in [5, 5.41) is 9.25. The Morgan fingerprint density at radius 2 is 1.36 bits per heavy atom. The molecule has 0 heterocycles. The van der Waals surface area contributed by atoms with Crippen LogP contribution in [0.4, 0.5) is 0 Å². The van der Waals surface area contributed by atoms with Crippen LogP contribution in [0.25, 0.3) is 0 Å². The van der Waals surface area contributed by atoms with Crippen LogP contribution >= 0.6 is 0 Å². The van der Waals surface area contributed by atoms with Crippen molar-refractivity contribution in [3.63, 3.8) is 0 Å². The molecule has 1 fully saturated rings. The van der Waals surface area contributed by atoms with Gasteiger partial charge in [-0.25, -0.2) is 4.89 Å². The van der Waals surface area contributed by atoms with E-state index in [2.05, 4.69) is 27.7 Å². The third-order valence-electron chi connectivity index (χ3n) is 7.59. The van der Waals surface area contributed by atoms with Crippen molar-refractivity contribution in [3.05, 3.63) is 0 Å². The van der Waals surface area contributed by atoms with Gasteiger partial charge in [0.05, 0.1) is 0 Å². The van der Waals surface area contributed by atoms with E-state index in [1.54, 1.807) is 0 Å². The van der Waals surface area contributed by atoms with E-state index in [-0.39, 0.29) is 5.60 Å². The molecule has 1 aliphatic carbocycles. The first-order chi connectivity index (χ1) is 13.5. The van der Waals surface area contributed by atoms with Crippen molar-refractivity contribution < 1.29 is 10.1 Å². The quantitative estimate of drug-likeness (QED) is 0.151. The van der Waals surface area contributed by atoms with Crippen LogP contribution in [0.5, 0.6) is 0 Å². The van der Waals surface area contributed by atoms with Crippen LogP contribution in [0.1, 0.15) is 143 Å². The molecule has 2 heteroatoms. The summed E-state index contributed by atoms with van der Waals surface area (Å²) < 4.78 is 0. The third kappa shape index (κ3) is 11.2. The maximum absolute atomic E-state index is 9.25. The van der Waals surface area contributed by atoms with E-state index in [9.17, 15) is 5.26 Å². The number of unbranched alkanes of at least 4 members (excludes halogenated alkanes) is 10. The van der Waals surface area contributed by atoms with E-state index in [1.807, 2.05) is 0 Å². The summed E-state index contributed by atoms with van der Waals surface area (Å²) >= 11 is 0. The topological polar surface area (TPSA) is 29.5 Å². The van der Waals surface area contributed by atoms with E-state index >= 15 is 0 Å². The van der Waals surface area contributed by atoms with Gasteiger partial charge in [-0.1, -0.05) is 104 Å². The van der Waals surface area contributed by atoms with Crippen molar-refractivity contribution >= 4 is 0 Å². The number of rotatable bonds is 17. The second-order valence-corrected chi connectivity index (χ2v) is 10.2. The highest BCUT2D eigenvalue weighted by molar-refractivity contribution is 4.82. The first kappa shape index (κ1) is 26.0. The Labute approximate surface area is 177 Å². The zero-order chi connectivity index (χ0) is 20.7. The fraction of sp³-hybridized carbons (Fsp3) is 1.00. The summed E-state index contributed by atoms with van der Waals surface area (Å²) in [6.45, 7) is 8.88. The normalized spacial score (nSPS) is 25.0. The first-order valence-corrected chi connectivity index (χ1v) is 12.9. The van der Waals surface area contributed by atoms with Gasteiger partial charge in [-0.05, 0) is 56.8 Å². The van der Waals surface area contributed by atoms with E-state index in [4.69, 9.17) is 4.89 Å². The largest absolute Gasteiger partial charge is 0.251 e. The Morgan fingerprint density at radius 1 is 0.786 bits per heavy atom. The third-order valence-corrected chi connectivity index (χ3v) is 7.59. The Bertz CT molecular complexity index is 350. The predicted molar refractivity (Wildman–Crippen MR) is 123 cm³/mol. The molecule has 0 saturated heterocycles. The van der Waals surface area contributed by atoms with E-state index in [1.165, 1.54) is 103 Å². The highest BCUT2D eigenvalue weighted by Gasteiger charge is 2.31. The molecule has 0 aliphatic heterocycles. The van der Waals surface area contributed by atoms with Gasteiger partial charge < -0.3 is 0 Å². The van der Waals surface area contributed by atoms with Gasteiger partial charge in [-0.2, -0.15) is 0 Å². The first-order valence-electron chi connectivity index (χ1n) is 12.9. The molecule has 1 aliphatic rings. The molecule has 1 N–H and O–H groups in total. The smallest absolute Gasteiger partial charge is 0.100 e. The van der Waals surface area contributed by atoms with Gasteiger partial charge in [0.15, 0.2) is 0 Å². The van der Waals surface area contributed by atoms with Gasteiger partial charge in [0.25, 0.3) is 0 Å². The number of hydrogen-bond donors (Lipinski definition) is 1. The second kappa shape index (κ2) is 15.7. The van der Waals surface area contributed by atoms with Crippen LogP contribution in [0.15, 0.2) is 0 Å². The van der Waals surface area contributed by atoms with Crippen molar-refractivity contribution in [1.82, 2.24) is 0 Å². The molecule has 2 nitrogen and oxygen atoms in total. The lowest BCUT2D eigenvalue weighted by atomic mass is 9.70. The molecule has 0 spiro atoms. The molecular formula is C26H52O2. The van der Waals surface area contributed by atoms with Gasteiger partial charge >= 0.3 is 0 Å². The molecule has 0 aromatic heterocycles. The minimum Gasteiger partial charge on any atom is -0.251 e. The molecular weight excluding hydrogens is 344 g/mol. The Hall–Kier alpha value is -0.0800. The zero-order valence-electron chi connectivity index (χ0n) is 19.8. The summed E-state index contributed by atoms with van der Waals surface area (Å²) in [6, 6.07) is 0. The van der Waals surface area contributed by atoms with Crippen molar-refractivity contribution in [1.29, 1.82) is 0 Å². The molecule has 4 atom stereocenters. The molecule has 28 heavy (non-hydrogen) atoms. The highest BCUT2D eigenvalue weighted by atomic mass is 17.1. The van der Waals surface area contributed by atoms with Crippen LogP contribution in [0.2, 0.25) is 0 Å². The van der Waals surface area contributed by atoms with Crippen LogP contribution in [-0.2, 0) is 4.89 Å². The Kier molecular flexibility index (Phi) is 14.6. The maximum atomic E-state index is 9.25. The molecule has 1 rings (SSSR count). The minimum atomic E-state index is -0.345. The summed E-state index contributed by atoms with van der Waals surface area (Å²) in [4.78, 5) is 4.81. The lowest BCUT2D eigenvalue weighted by Crippen LogP contribution is -2.30. The van der Waals surface area contributed by atoms with Crippen molar-refractivity contribution in [3.8, 4) is 0 Å². The average molecular weight is 397 g/mol. The van der Waals surface area contributed by atoms with E-state index in [0.29, 0.717) is 0 Å². The molecule has 0 aromatic carbocycles. The second-order valence-electron chi connectivity index (χ2n) is 10.2. The number of hydrogen-bond acceptors (Lipinski definition) is 2. The molecule has 4 unspecified atom stereocenters. The van der Waals surface area contributed by atoms with Crippen LogP contribution in [0, 0.1) is 17.8 Å². The van der Waals surface area contributed by atoms with Gasteiger partial charge in [0, 0.05) is 0 Å². The predicted octanol–water partition coefficient (Wildman–Crippen LogP) is 9.18. The molecule has 1 saturated carbocycles. The van der Waals surface area contributed by atoms with E-state index in [0.717, 1.165) is 30.6 Å². The molecule has 0 amide bonds. The SMILES string of the molecule is CCCCCCCCCCCCCC1CCC(C)CC1CCC(C)(CC)OO. The summed E-state index contributed by atoms with van der Waals surface area (Å²) in [5.74, 6) is 2.63. The van der Waals surface area contributed by atoms with E-state index < -0.39 is 0 Å². The Balaban J connectivity index is 2.15. The van der Waals surface area contributed by atoms with Gasteiger partial charge in [0.1, 0.15) is 5.60 Å². The summed E-state index contributed by atoms with van der Waals surface area (Å²) in [5.41, 5.74) is -0.345. The van der Waals surface area contributed by atoms with Gasteiger partial charge in [0.2, 0.25) is 0 Å². The summed E-state index contributed by atoms with van der Waals surface area (Å²) in [6.07, 6.45) is 24.5. The fourth-order valence-electron chi connectivity index (χ4n) is 5.14. The molecule has 0 aromatic rings. The summed E-state index contributed by atoms with van der Waals surface area (Å²) in [7, 11) is 0. The monoisotopic (exact) mass is 396 g/mol. The lowest BCUT2D eigenvalue weighted by molar-refractivity contribution is -0.321. The van der Waals surface area contributed by atoms with Crippen LogP contribution in [0.3, 0.4) is 0 Å². The standard InChI is InChI=1S/C26H52O2/c1-5-7-8-9-10-11-12-13-14-15-16-17-24-19-18-23(3)22-25(24)20-21-26(4,6-2)28-27/h23-25,27H,5-22H2,1-4H3.